The molecule has 24 heavy (non-hydrogen) atoms. The molecule has 0 saturated heterocycles. The van der Waals surface area contributed by atoms with Crippen LogP contribution in [0.2, 0.25) is 0 Å². The molecule has 1 aliphatic heterocycles. The highest BCUT2D eigenvalue weighted by Crippen LogP contribution is 2.29. The molecule has 3 heterocycles. The maximum absolute atomic E-state index is 12.3. The summed E-state index contributed by atoms with van der Waals surface area (Å²) >= 11 is 1.61. The van der Waals surface area contributed by atoms with Gasteiger partial charge in [-0.05, 0) is 41.3 Å². The van der Waals surface area contributed by atoms with E-state index in [1.807, 2.05) is 41.1 Å². The summed E-state index contributed by atoms with van der Waals surface area (Å²) in [6.07, 6.45) is 5.96. The molecule has 1 N–H and O–H groups in total. The summed E-state index contributed by atoms with van der Waals surface area (Å²) in [5.41, 5.74) is 3.80. The summed E-state index contributed by atoms with van der Waals surface area (Å²) in [6, 6.07) is 9.88. The molecule has 122 valence electrons. The van der Waals surface area contributed by atoms with Gasteiger partial charge < -0.3 is 9.88 Å². The lowest BCUT2D eigenvalue weighted by atomic mass is 10.1. The van der Waals surface area contributed by atoms with E-state index in [9.17, 15) is 4.79 Å². The Bertz CT molecular complexity index is 828. The number of anilines is 1. The highest BCUT2D eigenvalue weighted by atomic mass is 32.1. The summed E-state index contributed by atoms with van der Waals surface area (Å²) < 4.78 is 2.24. The molecular weight excluding hydrogens is 318 g/mol. The molecule has 0 saturated carbocycles. The summed E-state index contributed by atoms with van der Waals surface area (Å²) in [5.74, 6) is 1.15. The number of fused-ring (bicyclic) bond motifs is 1. The van der Waals surface area contributed by atoms with E-state index in [-0.39, 0.29) is 5.91 Å². The van der Waals surface area contributed by atoms with Crippen molar-refractivity contribution in [3.63, 3.8) is 0 Å². The van der Waals surface area contributed by atoms with E-state index in [1.54, 1.807) is 11.3 Å². The quantitative estimate of drug-likeness (QED) is 0.778. The molecule has 0 atom stereocenters. The number of nitrogens with one attached hydrogen (secondary N) is 1. The predicted octanol–water partition coefficient (Wildman–Crippen LogP) is 4.13. The van der Waals surface area contributed by atoms with Gasteiger partial charge in [0.2, 0.25) is 5.91 Å². The van der Waals surface area contributed by atoms with Gasteiger partial charge in [-0.3, -0.25) is 4.79 Å². The van der Waals surface area contributed by atoms with E-state index >= 15 is 0 Å². The number of aromatic nitrogens is 2. The Morgan fingerprint density at radius 3 is 3.00 bits per heavy atom. The normalized spacial score (nSPS) is 13.5. The molecule has 1 amide bonds. The van der Waals surface area contributed by atoms with Gasteiger partial charge in [-0.25, -0.2) is 4.98 Å². The van der Waals surface area contributed by atoms with E-state index in [0.717, 1.165) is 41.3 Å². The van der Waals surface area contributed by atoms with Gasteiger partial charge >= 0.3 is 0 Å². The van der Waals surface area contributed by atoms with E-state index in [0.29, 0.717) is 6.42 Å². The SMILES string of the molecule is O=C(Cc1ccsc1)Nc1ccccc1-c1cn2c(n1)CCCC2. The Hall–Kier alpha value is -2.40. The lowest BCUT2D eigenvalue weighted by Crippen LogP contribution is -2.14. The number of carbonyl (C=O) groups excluding carboxylic acids is 1. The summed E-state index contributed by atoms with van der Waals surface area (Å²) in [4.78, 5) is 17.1. The molecule has 0 spiro atoms. The highest BCUT2D eigenvalue weighted by Gasteiger charge is 2.16. The molecule has 1 aromatic carbocycles. The van der Waals surface area contributed by atoms with Crippen LogP contribution in [0.15, 0.2) is 47.3 Å². The number of aryl methyl sites for hydroxylation is 2. The number of amides is 1. The van der Waals surface area contributed by atoms with E-state index in [4.69, 9.17) is 4.98 Å². The van der Waals surface area contributed by atoms with Crippen LogP contribution in [0.4, 0.5) is 5.69 Å². The van der Waals surface area contributed by atoms with Crippen molar-refractivity contribution in [1.82, 2.24) is 9.55 Å². The fourth-order valence-electron chi connectivity index (χ4n) is 3.13. The van der Waals surface area contributed by atoms with Crippen LogP contribution in [-0.4, -0.2) is 15.5 Å². The fraction of sp³-hybridized carbons (Fsp3) is 0.263. The van der Waals surface area contributed by atoms with Crippen LogP contribution >= 0.6 is 11.3 Å². The second-order valence-corrected chi connectivity index (χ2v) is 6.88. The lowest BCUT2D eigenvalue weighted by Gasteiger charge is -2.11. The second-order valence-electron chi connectivity index (χ2n) is 6.10. The maximum atomic E-state index is 12.3. The van der Waals surface area contributed by atoms with Gasteiger partial charge in [0.25, 0.3) is 0 Å². The van der Waals surface area contributed by atoms with Crippen molar-refractivity contribution >= 4 is 22.9 Å². The van der Waals surface area contributed by atoms with Crippen LogP contribution in [0.5, 0.6) is 0 Å². The monoisotopic (exact) mass is 337 g/mol. The first-order chi connectivity index (χ1) is 11.8. The van der Waals surface area contributed by atoms with E-state index in [1.165, 1.54) is 12.8 Å². The molecule has 2 aromatic heterocycles. The third kappa shape index (κ3) is 3.12. The van der Waals surface area contributed by atoms with Crippen molar-refractivity contribution in [3.8, 4) is 11.3 Å². The number of para-hydroxylation sites is 1. The van der Waals surface area contributed by atoms with E-state index in [2.05, 4.69) is 16.1 Å². The van der Waals surface area contributed by atoms with Crippen molar-refractivity contribution in [1.29, 1.82) is 0 Å². The van der Waals surface area contributed by atoms with Gasteiger partial charge in [-0.1, -0.05) is 18.2 Å². The summed E-state index contributed by atoms with van der Waals surface area (Å²) in [7, 11) is 0. The van der Waals surface area contributed by atoms with Gasteiger partial charge in [-0.15, -0.1) is 0 Å². The molecule has 0 aliphatic carbocycles. The van der Waals surface area contributed by atoms with Crippen LogP contribution in [0.25, 0.3) is 11.3 Å². The van der Waals surface area contributed by atoms with Crippen LogP contribution < -0.4 is 5.32 Å². The molecule has 0 unspecified atom stereocenters. The number of carbonyl (C=O) groups is 1. The van der Waals surface area contributed by atoms with Gasteiger partial charge in [0.1, 0.15) is 5.82 Å². The molecule has 0 radical (unpaired) electrons. The number of thiophene rings is 1. The standard InChI is InChI=1S/C19H19N3OS/c23-19(11-14-8-10-24-13-14)21-16-6-2-1-5-15(16)17-12-22-9-4-3-7-18(22)20-17/h1-2,5-6,8,10,12-13H,3-4,7,9,11H2,(H,21,23). The van der Waals surface area contributed by atoms with Crippen LogP contribution in [0, 0.1) is 0 Å². The molecule has 4 nitrogen and oxygen atoms in total. The highest BCUT2D eigenvalue weighted by molar-refractivity contribution is 7.08. The lowest BCUT2D eigenvalue weighted by molar-refractivity contribution is -0.115. The van der Waals surface area contributed by atoms with Crippen molar-refractivity contribution in [2.75, 3.05) is 5.32 Å². The summed E-state index contributed by atoms with van der Waals surface area (Å²) in [6.45, 7) is 1.04. The molecule has 1 aliphatic rings. The van der Waals surface area contributed by atoms with Crippen LogP contribution in [0.1, 0.15) is 24.2 Å². The van der Waals surface area contributed by atoms with Crippen LogP contribution in [-0.2, 0) is 24.2 Å². The maximum Gasteiger partial charge on any atom is 0.228 e. The minimum Gasteiger partial charge on any atom is -0.334 e. The molecule has 0 fully saturated rings. The smallest absolute Gasteiger partial charge is 0.228 e. The Morgan fingerprint density at radius 2 is 2.17 bits per heavy atom. The minimum atomic E-state index is 0.00447. The Labute approximate surface area is 145 Å². The molecular formula is C19H19N3OS. The zero-order chi connectivity index (χ0) is 16.4. The Balaban J connectivity index is 1.58. The van der Waals surface area contributed by atoms with Crippen molar-refractivity contribution in [3.05, 3.63) is 58.7 Å². The molecule has 0 bridgehead atoms. The fourth-order valence-corrected chi connectivity index (χ4v) is 3.80. The Morgan fingerprint density at radius 1 is 1.25 bits per heavy atom. The second kappa shape index (κ2) is 6.61. The van der Waals surface area contributed by atoms with Crippen molar-refractivity contribution in [2.24, 2.45) is 0 Å². The van der Waals surface area contributed by atoms with Gasteiger partial charge in [-0.2, -0.15) is 11.3 Å². The first kappa shape index (κ1) is 15.1. The molecule has 4 rings (SSSR count). The average molecular weight is 337 g/mol. The minimum absolute atomic E-state index is 0.00447. The molecule has 3 aromatic rings. The van der Waals surface area contributed by atoms with Crippen LogP contribution in [0.3, 0.4) is 0 Å². The number of rotatable bonds is 4. The average Bonchev–Trinajstić information content (AvgIpc) is 3.24. The number of hydrogen-bond donors (Lipinski definition) is 1. The summed E-state index contributed by atoms with van der Waals surface area (Å²) in [5, 5.41) is 7.05. The van der Waals surface area contributed by atoms with Gasteiger partial charge in [0.15, 0.2) is 0 Å². The topological polar surface area (TPSA) is 46.9 Å². The first-order valence-electron chi connectivity index (χ1n) is 8.26. The zero-order valence-corrected chi connectivity index (χ0v) is 14.2. The third-order valence-corrected chi connectivity index (χ3v) is 5.06. The molecule has 5 heteroatoms. The first-order valence-corrected chi connectivity index (χ1v) is 9.20. The largest absolute Gasteiger partial charge is 0.334 e. The number of nitrogens with zero attached hydrogens (tertiary/aromatic N) is 2. The predicted molar refractivity (Wildman–Crippen MR) is 97.3 cm³/mol. The number of hydrogen-bond acceptors (Lipinski definition) is 3. The van der Waals surface area contributed by atoms with Crippen molar-refractivity contribution < 1.29 is 4.79 Å². The van der Waals surface area contributed by atoms with Gasteiger partial charge in [0.05, 0.1) is 17.8 Å². The zero-order valence-electron chi connectivity index (χ0n) is 13.4. The number of benzene rings is 1. The number of imidazole rings is 1. The van der Waals surface area contributed by atoms with E-state index < -0.39 is 0 Å². The van der Waals surface area contributed by atoms with Crippen molar-refractivity contribution in [2.45, 2.75) is 32.2 Å². The Kier molecular flexibility index (Phi) is 4.17. The van der Waals surface area contributed by atoms with Gasteiger partial charge in [0, 0.05) is 24.7 Å². The third-order valence-electron chi connectivity index (χ3n) is 4.33.